The third-order valence-electron chi connectivity index (χ3n) is 4.35. The second-order valence-corrected chi connectivity index (χ2v) is 5.58. The average molecular weight is 302 g/mol. The molecule has 1 aromatic rings. The Morgan fingerprint density at radius 1 is 1.29 bits per heavy atom. The summed E-state index contributed by atoms with van der Waals surface area (Å²) in [5.74, 6) is -1.76. The number of hydrogen-bond acceptors (Lipinski definition) is 6. The van der Waals surface area contributed by atoms with Crippen molar-refractivity contribution >= 4 is 0 Å². The van der Waals surface area contributed by atoms with Crippen LogP contribution in [0.3, 0.4) is 0 Å². The van der Waals surface area contributed by atoms with Gasteiger partial charge in [-0.1, -0.05) is 12.1 Å². The Hall–Kier alpha value is -1.09. The largest absolute Gasteiger partial charge is 0.394 e. The van der Waals surface area contributed by atoms with Gasteiger partial charge in [0.05, 0.1) is 19.1 Å². The molecular formula is C14H19FO6. The highest BCUT2D eigenvalue weighted by molar-refractivity contribution is 5.40. The maximum absolute atomic E-state index is 13.3. The van der Waals surface area contributed by atoms with Gasteiger partial charge in [-0.15, -0.1) is 0 Å². The van der Waals surface area contributed by atoms with Crippen LogP contribution in [0, 0.1) is 12.7 Å². The van der Waals surface area contributed by atoms with Crippen LogP contribution in [0.5, 0.6) is 0 Å². The van der Waals surface area contributed by atoms with E-state index in [4.69, 9.17) is 5.11 Å². The topological polar surface area (TPSA) is 121 Å². The van der Waals surface area contributed by atoms with Gasteiger partial charge < -0.3 is 30.6 Å². The quantitative estimate of drug-likeness (QED) is 0.398. The van der Waals surface area contributed by atoms with Crippen LogP contribution in [0.1, 0.15) is 17.0 Å². The first-order valence-corrected chi connectivity index (χ1v) is 6.52. The highest BCUT2D eigenvalue weighted by atomic mass is 19.1. The molecule has 1 unspecified atom stereocenters. The van der Waals surface area contributed by atoms with Crippen LogP contribution in [-0.4, -0.2) is 67.3 Å². The first kappa shape index (κ1) is 16.3. The molecule has 0 heterocycles. The fourth-order valence-electron chi connectivity index (χ4n) is 3.12. The molecule has 21 heavy (non-hydrogen) atoms. The second-order valence-electron chi connectivity index (χ2n) is 5.58. The van der Waals surface area contributed by atoms with Crippen molar-refractivity contribution in [3.63, 3.8) is 0 Å². The third kappa shape index (κ3) is 2.09. The van der Waals surface area contributed by atoms with Crippen LogP contribution in [0.4, 0.5) is 4.39 Å². The van der Waals surface area contributed by atoms with Gasteiger partial charge in [0.25, 0.3) is 0 Å². The van der Waals surface area contributed by atoms with Gasteiger partial charge in [-0.25, -0.2) is 4.39 Å². The maximum Gasteiger partial charge on any atom is 0.131 e. The summed E-state index contributed by atoms with van der Waals surface area (Å²) < 4.78 is 13.3. The van der Waals surface area contributed by atoms with Crippen molar-refractivity contribution in [2.24, 2.45) is 0 Å². The third-order valence-corrected chi connectivity index (χ3v) is 4.35. The van der Waals surface area contributed by atoms with E-state index in [1.807, 2.05) is 0 Å². The van der Waals surface area contributed by atoms with Crippen LogP contribution in [0.15, 0.2) is 18.2 Å². The summed E-state index contributed by atoms with van der Waals surface area (Å²) in [5, 5.41) is 58.8. The summed E-state index contributed by atoms with van der Waals surface area (Å²) in [6.07, 6.45) is -3.58. The van der Waals surface area contributed by atoms with Crippen molar-refractivity contribution in [3.8, 4) is 0 Å². The van der Waals surface area contributed by atoms with Crippen LogP contribution in [0.2, 0.25) is 0 Å². The molecule has 2 rings (SSSR count). The SMILES string of the molecule is Cc1cc(C2[C@@](O)([C@H](O)CO)[C@H](O)[C@@]2(O)CO)ccc1F. The molecule has 1 aliphatic rings. The van der Waals surface area contributed by atoms with Gasteiger partial charge in [0.1, 0.15) is 29.2 Å². The minimum absolute atomic E-state index is 0.241. The molecule has 0 saturated heterocycles. The van der Waals surface area contributed by atoms with Gasteiger partial charge in [0, 0.05) is 0 Å². The summed E-state index contributed by atoms with van der Waals surface area (Å²) in [6, 6.07) is 3.76. The fourth-order valence-corrected chi connectivity index (χ4v) is 3.12. The molecule has 5 atom stereocenters. The molecule has 1 aromatic carbocycles. The van der Waals surface area contributed by atoms with Crippen LogP contribution < -0.4 is 0 Å². The molecule has 0 spiro atoms. The van der Waals surface area contributed by atoms with E-state index in [1.54, 1.807) is 0 Å². The number of aryl methyl sites for hydroxylation is 1. The fraction of sp³-hybridized carbons (Fsp3) is 0.571. The molecule has 0 radical (unpaired) electrons. The number of aliphatic hydroxyl groups excluding tert-OH is 4. The van der Waals surface area contributed by atoms with E-state index in [-0.39, 0.29) is 11.1 Å². The number of aliphatic hydroxyl groups is 6. The molecule has 0 bridgehead atoms. The Bertz CT molecular complexity index is 538. The molecule has 0 aliphatic heterocycles. The van der Waals surface area contributed by atoms with E-state index in [0.29, 0.717) is 0 Å². The lowest BCUT2D eigenvalue weighted by Gasteiger charge is -2.62. The molecule has 118 valence electrons. The summed E-state index contributed by atoms with van der Waals surface area (Å²) in [4.78, 5) is 0. The smallest absolute Gasteiger partial charge is 0.131 e. The van der Waals surface area contributed by atoms with Gasteiger partial charge >= 0.3 is 0 Å². The van der Waals surface area contributed by atoms with Gasteiger partial charge in [-0.3, -0.25) is 0 Å². The zero-order valence-electron chi connectivity index (χ0n) is 11.4. The van der Waals surface area contributed by atoms with E-state index in [0.717, 1.165) is 6.07 Å². The Labute approximate surface area is 120 Å². The minimum Gasteiger partial charge on any atom is -0.394 e. The van der Waals surface area contributed by atoms with Crippen molar-refractivity contribution in [3.05, 3.63) is 35.1 Å². The lowest BCUT2D eigenvalue weighted by atomic mass is 9.51. The van der Waals surface area contributed by atoms with Crippen LogP contribution in [-0.2, 0) is 0 Å². The highest BCUT2D eigenvalue weighted by Gasteiger charge is 2.73. The molecule has 6 N–H and O–H groups in total. The average Bonchev–Trinajstić information content (AvgIpc) is 2.48. The Balaban J connectivity index is 2.51. The van der Waals surface area contributed by atoms with Crippen molar-refractivity contribution < 1.29 is 35.0 Å². The molecule has 1 saturated carbocycles. The zero-order chi connectivity index (χ0) is 16.0. The molecular weight excluding hydrogens is 283 g/mol. The van der Waals surface area contributed by atoms with Crippen molar-refractivity contribution in [2.75, 3.05) is 13.2 Å². The predicted molar refractivity (Wildman–Crippen MR) is 70.0 cm³/mol. The van der Waals surface area contributed by atoms with Gasteiger partial charge in [-0.05, 0) is 24.1 Å². The van der Waals surface area contributed by atoms with Crippen molar-refractivity contribution in [2.45, 2.75) is 36.3 Å². The molecule has 0 aromatic heterocycles. The number of hydrogen-bond donors (Lipinski definition) is 6. The molecule has 0 amide bonds. The molecule has 6 nitrogen and oxygen atoms in total. The Morgan fingerprint density at radius 3 is 2.38 bits per heavy atom. The van der Waals surface area contributed by atoms with Gasteiger partial charge in [0.2, 0.25) is 0 Å². The summed E-state index contributed by atoms with van der Waals surface area (Å²) >= 11 is 0. The zero-order valence-corrected chi connectivity index (χ0v) is 11.4. The van der Waals surface area contributed by atoms with Crippen LogP contribution in [0.25, 0.3) is 0 Å². The lowest BCUT2D eigenvalue weighted by Crippen LogP contribution is -2.81. The lowest BCUT2D eigenvalue weighted by molar-refractivity contribution is -0.327. The highest BCUT2D eigenvalue weighted by Crippen LogP contribution is 2.55. The predicted octanol–water partition coefficient (Wildman–Crippen LogP) is -1.60. The Kier molecular flexibility index (Phi) is 4.09. The first-order valence-electron chi connectivity index (χ1n) is 6.52. The summed E-state index contributed by atoms with van der Waals surface area (Å²) in [6.45, 7) is -0.227. The first-order chi connectivity index (χ1) is 9.73. The standard InChI is InChI=1S/C14H19FO6/c1-7-4-8(2-3-9(7)15)11-13(20,6-17)12(19)14(11,21)10(18)5-16/h2-4,10-12,16-21H,5-6H2,1H3/t10-,11?,12-,13-,14+/m1/s1. The monoisotopic (exact) mass is 302 g/mol. The van der Waals surface area contributed by atoms with E-state index in [9.17, 15) is 29.9 Å². The van der Waals surface area contributed by atoms with E-state index < -0.39 is 48.4 Å². The molecule has 1 aliphatic carbocycles. The number of halogens is 1. The maximum atomic E-state index is 13.3. The number of rotatable bonds is 4. The van der Waals surface area contributed by atoms with Crippen LogP contribution >= 0.6 is 0 Å². The minimum atomic E-state index is -2.24. The van der Waals surface area contributed by atoms with Crippen molar-refractivity contribution in [1.29, 1.82) is 0 Å². The normalized spacial score (nSPS) is 37.1. The van der Waals surface area contributed by atoms with E-state index >= 15 is 0 Å². The molecule has 1 fully saturated rings. The van der Waals surface area contributed by atoms with E-state index in [2.05, 4.69) is 0 Å². The van der Waals surface area contributed by atoms with Crippen molar-refractivity contribution in [1.82, 2.24) is 0 Å². The number of benzene rings is 1. The summed E-state index contributed by atoms with van der Waals surface area (Å²) in [5.41, 5.74) is -3.84. The second kappa shape index (κ2) is 5.28. The molecule has 7 heteroatoms. The summed E-state index contributed by atoms with van der Waals surface area (Å²) in [7, 11) is 0. The van der Waals surface area contributed by atoms with E-state index in [1.165, 1.54) is 19.1 Å². The van der Waals surface area contributed by atoms with Gasteiger partial charge in [-0.2, -0.15) is 0 Å². The Morgan fingerprint density at radius 2 is 1.90 bits per heavy atom. The van der Waals surface area contributed by atoms with Gasteiger partial charge in [0.15, 0.2) is 0 Å².